The lowest BCUT2D eigenvalue weighted by Gasteiger charge is -2.15. The fourth-order valence-corrected chi connectivity index (χ4v) is 8.90. The van der Waals surface area contributed by atoms with Crippen LogP contribution in [-0.2, 0) is 0 Å². The predicted molar refractivity (Wildman–Crippen MR) is 224 cm³/mol. The van der Waals surface area contributed by atoms with Crippen molar-refractivity contribution in [1.29, 1.82) is 0 Å². The summed E-state index contributed by atoms with van der Waals surface area (Å²) in [6, 6.07) is 65.3. The molecule has 0 spiro atoms. The first kappa shape index (κ1) is 29.3. The standard InChI is InChI=1S/C50H30N4/c1-3-13-32(14-4-1)49-51-48-39-22-12-16-31-15-11-21-38(46(31)39)47(48)50(52-49)54-43-24-10-8-20-37(43)41-30-34(26-28-45(41)54)33-25-27-44-40(29-33)36-19-7-9-23-42(36)53(44)35-17-5-2-6-18-35/h1-30H. The van der Waals surface area contributed by atoms with Crippen LogP contribution in [0.5, 0.6) is 0 Å². The fourth-order valence-electron chi connectivity index (χ4n) is 8.90. The van der Waals surface area contributed by atoms with Gasteiger partial charge in [-0.15, -0.1) is 0 Å². The summed E-state index contributed by atoms with van der Waals surface area (Å²) < 4.78 is 4.73. The minimum atomic E-state index is 0.722. The van der Waals surface area contributed by atoms with Crippen molar-refractivity contribution < 1.29 is 0 Å². The highest BCUT2D eigenvalue weighted by Gasteiger charge is 2.30. The molecule has 4 heteroatoms. The quantitative estimate of drug-likeness (QED) is 0.185. The highest BCUT2D eigenvalue weighted by atomic mass is 15.1. The number of fused-ring (bicyclic) bond motifs is 9. The van der Waals surface area contributed by atoms with Crippen LogP contribution < -0.4 is 0 Å². The van der Waals surface area contributed by atoms with Gasteiger partial charge in [0.05, 0.1) is 33.3 Å². The highest BCUT2D eigenvalue weighted by molar-refractivity contribution is 6.18. The molecule has 1 aliphatic rings. The van der Waals surface area contributed by atoms with Gasteiger partial charge in [-0.25, -0.2) is 9.97 Å². The zero-order valence-corrected chi connectivity index (χ0v) is 29.1. The maximum Gasteiger partial charge on any atom is 0.162 e. The van der Waals surface area contributed by atoms with Crippen molar-refractivity contribution in [2.75, 3.05) is 0 Å². The van der Waals surface area contributed by atoms with Crippen molar-refractivity contribution in [2.45, 2.75) is 0 Å². The number of rotatable bonds is 4. The summed E-state index contributed by atoms with van der Waals surface area (Å²) in [6.45, 7) is 0. The van der Waals surface area contributed by atoms with Crippen LogP contribution in [0.1, 0.15) is 0 Å². The zero-order valence-electron chi connectivity index (χ0n) is 29.1. The highest BCUT2D eigenvalue weighted by Crippen LogP contribution is 2.50. The van der Waals surface area contributed by atoms with Gasteiger partial charge in [0, 0.05) is 38.4 Å². The molecule has 0 bridgehead atoms. The van der Waals surface area contributed by atoms with Crippen LogP contribution >= 0.6 is 0 Å². The van der Waals surface area contributed by atoms with Gasteiger partial charge < -0.3 is 4.57 Å². The molecule has 0 saturated carbocycles. The Balaban J connectivity index is 1.10. The minimum Gasteiger partial charge on any atom is -0.309 e. The lowest BCUT2D eigenvalue weighted by molar-refractivity contribution is 1.05. The smallest absolute Gasteiger partial charge is 0.162 e. The summed E-state index contributed by atoms with van der Waals surface area (Å²) in [7, 11) is 0. The molecule has 0 saturated heterocycles. The molecule has 8 aromatic carbocycles. The third-order valence-electron chi connectivity index (χ3n) is 11.3. The molecule has 0 aliphatic heterocycles. The Morgan fingerprint density at radius 3 is 1.61 bits per heavy atom. The van der Waals surface area contributed by atoms with Crippen molar-refractivity contribution >= 4 is 54.4 Å². The lowest BCUT2D eigenvalue weighted by atomic mass is 10.0. The molecular weight excluding hydrogens is 657 g/mol. The van der Waals surface area contributed by atoms with Crippen molar-refractivity contribution in [3.05, 3.63) is 182 Å². The van der Waals surface area contributed by atoms with Gasteiger partial charge in [0.25, 0.3) is 0 Å². The van der Waals surface area contributed by atoms with Crippen molar-refractivity contribution in [3.8, 4) is 56.4 Å². The van der Waals surface area contributed by atoms with Crippen LogP contribution in [0.4, 0.5) is 0 Å². The van der Waals surface area contributed by atoms with Gasteiger partial charge in [0.15, 0.2) is 5.82 Å². The third kappa shape index (κ3) is 4.08. The molecule has 250 valence electrons. The van der Waals surface area contributed by atoms with Crippen LogP contribution in [0.2, 0.25) is 0 Å². The van der Waals surface area contributed by atoms with Crippen LogP contribution in [-0.4, -0.2) is 19.1 Å². The molecule has 0 atom stereocenters. The van der Waals surface area contributed by atoms with Crippen molar-refractivity contribution in [1.82, 2.24) is 19.1 Å². The van der Waals surface area contributed by atoms with E-state index >= 15 is 0 Å². The van der Waals surface area contributed by atoms with Gasteiger partial charge in [-0.3, -0.25) is 4.57 Å². The van der Waals surface area contributed by atoms with E-state index < -0.39 is 0 Å². The average Bonchev–Trinajstić information content (AvgIpc) is 3.87. The Morgan fingerprint density at radius 2 is 0.926 bits per heavy atom. The first-order valence-corrected chi connectivity index (χ1v) is 18.4. The molecule has 0 radical (unpaired) electrons. The average molecular weight is 687 g/mol. The molecule has 11 aromatic rings. The van der Waals surface area contributed by atoms with Gasteiger partial charge in [0.2, 0.25) is 0 Å². The number of benzene rings is 8. The lowest BCUT2D eigenvalue weighted by Crippen LogP contribution is -2.04. The largest absolute Gasteiger partial charge is 0.309 e. The molecule has 0 unspecified atom stereocenters. The first-order valence-electron chi connectivity index (χ1n) is 18.4. The Bertz CT molecular complexity index is 3310. The second-order valence-corrected chi connectivity index (χ2v) is 14.2. The van der Waals surface area contributed by atoms with Gasteiger partial charge in [-0.2, -0.15) is 0 Å². The Labute approximate surface area is 310 Å². The van der Waals surface area contributed by atoms with Gasteiger partial charge in [0.1, 0.15) is 5.82 Å². The topological polar surface area (TPSA) is 35.6 Å². The molecular formula is C50H30N4. The van der Waals surface area contributed by atoms with Crippen LogP contribution in [0.25, 0.3) is 111 Å². The molecule has 0 amide bonds. The van der Waals surface area contributed by atoms with E-state index in [0.29, 0.717) is 0 Å². The summed E-state index contributed by atoms with van der Waals surface area (Å²) in [5.41, 5.74) is 13.6. The Hall–Kier alpha value is -7.30. The summed E-state index contributed by atoms with van der Waals surface area (Å²) >= 11 is 0. The molecule has 3 heterocycles. The monoisotopic (exact) mass is 686 g/mol. The molecule has 12 rings (SSSR count). The van der Waals surface area contributed by atoms with Crippen molar-refractivity contribution in [2.24, 2.45) is 0 Å². The van der Waals surface area contributed by atoms with Gasteiger partial charge in [-0.1, -0.05) is 133 Å². The summed E-state index contributed by atoms with van der Waals surface area (Å²) in [6.07, 6.45) is 0. The maximum absolute atomic E-state index is 5.45. The zero-order chi connectivity index (χ0) is 35.3. The molecule has 0 N–H and O–H groups in total. The van der Waals surface area contributed by atoms with E-state index in [2.05, 4.69) is 185 Å². The van der Waals surface area contributed by atoms with Gasteiger partial charge >= 0.3 is 0 Å². The SMILES string of the molecule is c1ccc(-c2nc3c(c(-n4c5ccccc5c5cc(-c6ccc7c(c6)c6ccccc6n7-c6ccccc6)ccc54)n2)-c2cccc4cccc-3c24)cc1. The van der Waals surface area contributed by atoms with Crippen LogP contribution in [0.15, 0.2) is 182 Å². The molecule has 3 aromatic heterocycles. The van der Waals surface area contributed by atoms with E-state index in [9.17, 15) is 0 Å². The first-order chi connectivity index (χ1) is 26.8. The van der Waals surface area contributed by atoms with Crippen LogP contribution in [0, 0.1) is 0 Å². The number of hydrogen-bond acceptors (Lipinski definition) is 2. The summed E-state index contributed by atoms with van der Waals surface area (Å²) in [5.74, 6) is 1.62. The van der Waals surface area contributed by atoms with E-state index in [-0.39, 0.29) is 0 Å². The molecule has 4 nitrogen and oxygen atoms in total. The summed E-state index contributed by atoms with van der Waals surface area (Å²) in [4.78, 5) is 10.7. The second-order valence-electron chi connectivity index (χ2n) is 14.2. The van der Waals surface area contributed by atoms with E-state index in [4.69, 9.17) is 9.97 Å². The van der Waals surface area contributed by atoms with E-state index in [1.165, 1.54) is 60.0 Å². The summed E-state index contributed by atoms with van der Waals surface area (Å²) in [5, 5.41) is 7.33. The second kappa shape index (κ2) is 11.1. The van der Waals surface area contributed by atoms with E-state index in [1.54, 1.807) is 0 Å². The number of hydrogen-bond donors (Lipinski definition) is 0. The molecule has 0 fully saturated rings. The van der Waals surface area contributed by atoms with Gasteiger partial charge in [-0.05, 0) is 76.0 Å². The Kier molecular flexibility index (Phi) is 6.02. The maximum atomic E-state index is 5.45. The van der Waals surface area contributed by atoms with E-state index in [1.807, 2.05) is 6.07 Å². The van der Waals surface area contributed by atoms with E-state index in [0.717, 1.165) is 50.7 Å². The minimum absolute atomic E-state index is 0.722. The van der Waals surface area contributed by atoms with Crippen molar-refractivity contribution in [3.63, 3.8) is 0 Å². The fraction of sp³-hybridized carbons (Fsp3) is 0. The Morgan fingerprint density at radius 1 is 0.370 bits per heavy atom. The van der Waals surface area contributed by atoms with Crippen LogP contribution in [0.3, 0.4) is 0 Å². The normalized spacial score (nSPS) is 12.1. The predicted octanol–water partition coefficient (Wildman–Crippen LogP) is 12.8. The number of nitrogens with zero attached hydrogens (tertiary/aromatic N) is 4. The third-order valence-corrected chi connectivity index (χ3v) is 11.3. The number of para-hydroxylation sites is 3. The molecule has 54 heavy (non-hydrogen) atoms. The molecule has 1 aliphatic carbocycles. The number of aromatic nitrogens is 4.